The Morgan fingerprint density at radius 2 is 2.29 bits per heavy atom. The summed E-state index contributed by atoms with van der Waals surface area (Å²) in [5.74, 6) is -0.134. The average Bonchev–Trinajstić information content (AvgIpc) is 3.42. The summed E-state index contributed by atoms with van der Waals surface area (Å²) in [6, 6.07) is 5.89. The molecular weight excluding hydrogens is 470 g/mol. The first-order valence-electron chi connectivity index (χ1n) is 10.8. The minimum absolute atomic E-state index is 0.166. The van der Waals surface area contributed by atoms with E-state index in [9.17, 15) is 14.9 Å². The predicted molar refractivity (Wildman–Crippen MR) is 131 cm³/mol. The van der Waals surface area contributed by atoms with E-state index in [1.165, 1.54) is 28.7 Å². The van der Waals surface area contributed by atoms with Gasteiger partial charge in [-0.15, -0.1) is 22.7 Å². The van der Waals surface area contributed by atoms with Gasteiger partial charge in [0.05, 0.1) is 29.4 Å². The van der Waals surface area contributed by atoms with Crippen LogP contribution in [0.1, 0.15) is 38.7 Å². The molecule has 0 fully saturated rings. The minimum atomic E-state index is -0.464. The zero-order valence-electron chi connectivity index (χ0n) is 18.5. The average molecular weight is 494 g/mol. The summed E-state index contributed by atoms with van der Waals surface area (Å²) in [6.45, 7) is 2.56. The molecule has 0 bridgehead atoms. The lowest BCUT2D eigenvalue weighted by Crippen LogP contribution is -2.27. The molecule has 1 aliphatic carbocycles. The standard InChI is InChI=1S/C24H23N5O3S2/c1-15-28-18(14-33-15)12-27-24(31)32-13-17-4-6-19-20(10-25)23(34-21(19)9-17)29-22(30)7-5-16-3-2-8-26-11-16/h2-3,5,7-8,11,14,17H,4,6,9,12-13H2,1H3,(H,27,31)(H,29,30)/b7-5+. The summed E-state index contributed by atoms with van der Waals surface area (Å²) in [4.78, 5) is 33.8. The van der Waals surface area contributed by atoms with E-state index in [2.05, 4.69) is 26.7 Å². The van der Waals surface area contributed by atoms with Crippen molar-refractivity contribution in [3.8, 4) is 6.07 Å². The van der Waals surface area contributed by atoms with Crippen molar-refractivity contribution in [1.29, 1.82) is 5.26 Å². The van der Waals surface area contributed by atoms with E-state index in [1.807, 2.05) is 18.4 Å². The fraction of sp³-hybridized carbons (Fsp3) is 0.292. The summed E-state index contributed by atoms with van der Waals surface area (Å²) in [6.07, 6.45) is 8.20. The number of carbonyl (C=O) groups is 2. The number of nitriles is 1. The molecule has 3 aromatic heterocycles. The number of nitrogens with one attached hydrogen (secondary N) is 2. The summed E-state index contributed by atoms with van der Waals surface area (Å²) in [7, 11) is 0. The van der Waals surface area contributed by atoms with Crippen molar-refractivity contribution >= 4 is 45.8 Å². The molecule has 34 heavy (non-hydrogen) atoms. The van der Waals surface area contributed by atoms with Crippen molar-refractivity contribution in [2.24, 2.45) is 5.92 Å². The highest BCUT2D eigenvalue weighted by Crippen LogP contribution is 2.39. The maximum absolute atomic E-state index is 12.4. The second-order valence-corrected chi connectivity index (χ2v) is 10.0. The Morgan fingerprint density at radius 3 is 3.03 bits per heavy atom. The number of thiazole rings is 1. The first-order valence-corrected chi connectivity index (χ1v) is 12.5. The number of hydrogen-bond donors (Lipinski definition) is 2. The van der Waals surface area contributed by atoms with Crippen LogP contribution >= 0.6 is 22.7 Å². The number of hydrogen-bond acceptors (Lipinski definition) is 8. The summed E-state index contributed by atoms with van der Waals surface area (Å²) < 4.78 is 5.41. The molecule has 0 aliphatic heterocycles. The van der Waals surface area contributed by atoms with Crippen LogP contribution in [0, 0.1) is 24.2 Å². The van der Waals surface area contributed by atoms with Crippen LogP contribution < -0.4 is 10.6 Å². The van der Waals surface area contributed by atoms with Gasteiger partial charge in [-0.25, -0.2) is 9.78 Å². The normalized spacial score (nSPS) is 14.9. The van der Waals surface area contributed by atoms with E-state index >= 15 is 0 Å². The number of rotatable bonds is 7. The van der Waals surface area contributed by atoms with Crippen LogP contribution in [0.2, 0.25) is 0 Å². The molecule has 1 unspecified atom stereocenters. The number of aryl methyl sites for hydroxylation is 1. The van der Waals surface area contributed by atoms with E-state index in [4.69, 9.17) is 4.74 Å². The van der Waals surface area contributed by atoms with E-state index in [0.717, 1.165) is 33.1 Å². The smallest absolute Gasteiger partial charge is 0.407 e. The van der Waals surface area contributed by atoms with Crippen LogP contribution in [0.5, 0.6) is 0 Å². The fourth-order valence-electron chi connectivity index (χ4n) is 3.70. The van der Waals surface area contributed by atoms with Crippen LogP contribution in [0.3, 0.4) is 0 Å². The number of amides is 2. The van der Waals surface area contributed by atoms with Gasteiger partial charge in [0, 0.05) is 28.7 Å². The van der Waals surface area contributed by atoms with Crippen molar-refractivity contribution in [2.75, 3.05) is 11.9 Å². The molecule has 0 saturated heterocycles. The molecule has 2 amide bonds. The number of ether oxygens (including phenoxy) is 1. The quantitative estimate of drug-likeness (QED) is 0.469. The number of alkyl carbamates (subject to hydrolysis) is 1. The second kappa shape index (κ2) is 11.0. The Morgan fingerprint density at radius 1 is 1.41 bits per heavy atom. The molecule has 0 aromatic carbocycles. The van der Waals surface area contributed by atoms with Crippen molar-refractivity contribution in [3.05, 3.63) is 68.3 Å². The van der Waals surface area contributed by atoms with Crippen LogP contribution in [-0.4, -0.2) is 28.6 Å². The summed E-state index contributed by atoms with van der Waals surface area (Å²) in [5.41, 5.74) is 3.14. The van der Waals surface area contributed by atoms with Crippen LogP contribution in [-0.2, 0) is 28.9 Å². The van der Waals surface area contributed by atoms with Gasteiger partial charge >= 0.3 is 6.09 Å². The molecule has 2 N–H and O–H groups in total. The van der Waals surface area contributed by atoms with Gasteiger partial charge in [0.2, 0.25) is 5.91 Å². The number of anilines is 1. The monoisotopic (exact) mass is 493 g/mol. The van der Waals surface area contributed by atoms with Gasteiger partial charge in [-0.2, -0.15) is 5.26 Å². The van der Waals surface area contributed by atoms with Gasteiger partial charge in [0.15, 0.2) is 0 Å². The minimum Gasteiger partial charge on any atom is -0.449 e. The largest absolute Gasteiger partial charge is 0.449 e. The molecule has 4 rings (SSSR count). The Labute approximate surface area is 205 Å². The van der Waals surface area contributed by atoms with Crippen molar-refractivity contribution in [3.63, 3.8) is 0 Å². The highest BCUT2D eigenvalue weighted by Gasteiger charge is 2.27. The van der Waals surface area contributed by atoms with E-state index in [1.54, 1.807) is 24.5 Å². The number of carbonyl (C=O) groups excluding carboxylic acids is 2. The fourth-order valence-corrected chi connectivity index (χ4v) is 5.63. The third-order valence-electron chi connectivity index (χ3n) is 5.36. The maximum Gasteiger partial charge on any atom is 0.407 e. The molecular formula is C24H23N5O3S2. The molecule has 3 heterocycles. The van der Waals surface area contributed by atoms with Crippen molar-refractivity contribution < 1.29 is 14.3 Å². The van der Waals surface area contributed by atoms with E-state index in [0.29, 0.717) is 36.6 Å². The molecule has 10 heteroatoms. The molecule has 1 aliphatic rings. The number of thiophene rings is 1. The molecule has 1 atom stereocenters. The van der Waals surface area contributed by atoms with Crippen LogP contribution in [0.4, 0.5) is 9.80 Å². The zero-order valence-corrected chi connectivity index (χ0v) is 20.2. The van der Waals surface area contributed by atoms with Gasteiger partial charge in [-0.3, -0.25) is 9.78 Å². The first kappa shape index (κ1) is 23.6. The lowest BCUT2D eigenvalue weighted by Gasteiger charge is -2.21. The van der Waals surface area contributed by atoms with Crippen LogP contribution in [0.25, 0.3) is 6.08 Å². The Hall–Kier alpha value is -3.55. The number of pyridine rings is 1. The number of fused-ring (bicyclic) bond motifs is 1. The van der Waals surface area contributed by atoms with Crippen molar-refractivity contribution in [2.45, 2.75) is 32.7 Å². The molecule has 0 radical (unpaired) electrons. The van der Waals surface area contributed by atoms with Crippen molar-refractivity contribution in [1.82, 2.24) is 15.3 Å². The molecule has 8 nitrogen and oxygen atoms in total. The number of nitrogens with zero attached hydrogens (tertiary/aromatic N) is 3. The summed E-state index contributed by atoms with van der Waals surface area (Å²) >= 11 is 2.96. The highest BCUT2D eigenvalue weighted by atomic mass is 32.1. The lowest BCUT2D eigenvalue weighted by molar-refractivity contribution is -0.111. The Bertz CT molecular complexity index is 1240. The molecule has 174 valence electrons. The molecule has 3 aromatic rings. The third-order valence-corrected chi connectivity index (χ3v) is 7.35. The SMILES string of the molecule is Cc1nc(CNC(=O)OCC2CCc3c(sc(NC(=O)/C=C/c4cccnc4)c3C#N)C2)cs1. The zero-order chi connectivity index (χ0) is 23.9. The van der Waals surface area contributed by atoms with Gasteiger partial charge in [-0.05, 0) is 55.4 Å². The van der Waals surface area contributed by atoms with Gasteiger partial charge < -0.3 is 15.4 Å². The first-order chi connectivity index (χ1) is 16.5. The third kappa shape index (κ3) is 6.07. The molecule has 0 saturated carbocycles. The summed E-state index contributed by atoms with van der Waals surface area (Å²) in [5, 5.41) is 18.7. The van der Waals surface area contributed by atoms with Crippen LogP contribution in [0.15, 0.2) is 36.0 Å². The van der Waals surface area contributed by atoms with Gasteiger partial charge in [0.1, 0.15) is 11.1 Å². The van der Waals surface area contributed by atoms with Gasteiger partial charge in [0.25, 0.3) is 0 Å². The van der Waals surface area contributed by atoms with E-state index in [-0.39, 0.29) is 11.8 Å². The van der Waals surface area contributed by atoms with Gasteiger partial charge in [-0.1, -0.05) is 6.07 Å². The second-order valence-electron chi connectivity index (χ2n) is 7.85. The molecule has 0 spiro atoms. The Balaban J connectivity index is 1.31. The maximum atomic E-state index is 12.4. The topological polar surface area (TPSA) is 117 Å². The Kier molecular flexibility index (Phi) is 7.67. The predicted octanol–water partition coefficient (Wildman–Crippen LogP) is 4.46. The van der Waals surface area contributed by atoms with E-state index < -0.39 is 6.09 Å². The number of aromatic nitrogens is 2. The highest BCUT2D eigenvalue weighted by molar-refractivity contribution is 7.16. The lowest BCUT2D eigenvalue weighted by atomic mass is 9.88.